The van der Waals surface area contributed by atoms with Gasteiger partial charge in [0.2, 0.25) is 5.91 Å². The Bertz CT molecular complexity index is 481. The van der Waals surface area contributed by atoms with E-state index in [-0.39, 0.29) is 24.5 Å². The van der Waals surface area contributed by atoms with Crippen molar-refractivity contribution in [1.82, 2.24) is 4.90 Å². The monoisotopic (exact) mass is 273 g/mol. The molecule has 2 atom stereocenters. The van der Waals surface area contributed by atoms with E-state index in [2.05, 4.69) is 12.8 Å². The number of rotatable bonds is 3. The van der Waals surface area contributed by atoms with E-state index in [0.717, 1.165) is 5.56 Å². The van der Waals surface area contributed by atoms with E-state index in [1.165, 1.54) is 4.90 Å². The van der Waals surface area contributed by atoms with Crippen LogP contribution >= 0.6 is 0 Å². The highest BCUT2D eigenvalue weighted by Crippen LogP contribution is 2.29. The van der Waals surface area contributed by atoms with Crippen molar-refractivity contribution >= 4 is 12.0 Å². The molecule has 2 amide bonds. The lowest BCUT2D eigenvalue weighted by molar-refractivity contribution is -0.133. The Morgan fingerprint density at radius 1 is 1.40 bits per heavy atom. The highest BCUT2D eigenvalue weighted by atomic mass is 16.6. The molecule has 1 aliphatic heterocycles. The maximum atomic E-state index is 12.2. The van der Waals surface area contributed by atoms with Crippen LogP contribution in [0.3, 0.4) is 0 Å². The van der Waals surface area contributed by atoms with Gasteiger partial charge in [-0.25, -0.2) is 9.69 Å². The first kappa shape index (κ1) is 15.8. The number of terminal acetylenes is 1. The topological polar surface area (TPSA) is 46.6 Å². The fourth-order valence-corrected chi connectivity index (χ4v) is 2.00. The van der Waals surface area contributed by atoms with Crippen LogP contribution in [0.1, 0.15) is 31.9 Å². The second-order valence-electron chi connectivity index (χ2n) is 4.52. The lowest BCUT2D eigenvalue weighted by Crippen LogP contribution is -2.37. The van der Waals surface area contributed by atoms with Gasteiger partial charge >= 0.3 is 6.09 Å². The molecule has 1 aliphatic rings. The first-order valence-electron chi connectivity index (χ1n) is 6.53. The summed E-state index contributed by atoms with van der Waals surface area (Å²) in [6, 6.07) is 9.21. The minimum atomic E-state index is -0.533. The van der Waals surface area contributed by atoms with Crippen LogP contribution in [0.15, 0.2) is 30.3 Å². The molecule has 1 aromatic rings. The quantitative estimate of drug-likeness (QED) is 0.795. The number of amides is 2. The third-order valence-electron chi connectivity index (χ3n) is 3.33. The van der Waals surface area contributed by atoms with E-state index < -0.39 is 6.09 Å². The molecule has 106 valence electrons. The van der Waals surface area contributed by atoms with Crippen LogP contribution in [0, 0.1) is 18.8 Å². The number of carbonyl (C=O) groups is 2. The van der Waals surface area contributed by atoms with Crippen LogP contribution in [0.2, 0.25) is 0 Å². The van der Waals surface area contributed by atoms with Gasteiger partial charge in [0.05, 0.1) is 0 Å². The summed E-state index contributed by atoms with van der Waals surface area (Å²) in [6.07, 6.45) is 8.18. The van der Waals surface area contributed by atoms with Crippen molar-refractivity contribution in [3.63, 3.8) is 0 Å². The Hall–Kier alpha value is -2.28. The molecule has 2 rings (SSSR count). The normalized spacial score (nSPS) is 18.7. The van der Waals surface area contributed by atoms with Crippen LogP contribution in [0.4, 0.5) is 4.79 Å². The summed E-state index contributed by atoms with van der Waals surface area (Å²) in [5, 5.41) is 0. The molecule has 0 spiro atoms. The van der Waals surface area contributed by atoms with Crippen molar-refractivity contribution < 1.29 is 14.3 Å². The zero-order valence-corrected chi connectivity index (χ0v) is 11.8. The summed E-state index contributed by atoms with van der Waals surface area (Å²) in [5.41, 5.74) is 0.931. The van der Waals surface area contributed by atoms with Crippen LogP contribution in [0.25, 0.3) is 0 Å². The number of cyclic esters (lactones) is 1. The number of imide groups is 1. The van der Waals surface area contributed by atoms with Gasteiger partial charge in [-0.2, -0.15) is 0 Å². The fraction of sp³-hybridized carbons (Fsp3) is 0.375. The lowest BCUT2D eigenvalue weighted by Gasteiger charge is -2.22. The molecule has 1 saturated heterocycles. The van der Waals surface area contributed by atoms with E-state index in [9.17, 15) is 9.59 Å². The third-order valence-corrected chi connectivity index (χ3v) is 3.33. The maximum Gasteiger partial charge on any atom is 0.417 e. The van der Waals surface area contributed by atoms with Gasteiger partial charge in [0.15, 0.2) is 0 Å². The molecule has 0 radical (unpaired) electrons. The Morgan fingerprint density at radius 3 is 2.55 bits per heavy atom. The van der Waals surface area contributed by atoms with Crippen molar-refractivity contribution in [2.24, 2.45) is 5.92 Å². The average Bonchev–Trinajstić information content (AvgIpc) is 2.90. The SMILES string of the molecule is C#C.CCC(C)C(=O)N1C(=O)OC[C@H]1c1ccccc1. The molecule has 0 aromatic heterocycles. The van der Waals surface area contributed by atoms with Crippen molar-refractivity contribution in [2.75, 3.05) is 6.61 Å². The molecule has 1 aromatic carbocycles. The standard InChI is InChI=1S/C14H17NO3.C2H2/c1-3-10(2)13(16)15-12(9-18-14(15)17)11-7-5-4-6-8-11;1-2/h4-8,10,12H,3,9H2,1-2H3;1-2H/t10?,12-;/m0./s1. The van der Waals surface area contributed by atoms with Gasteiger partial charge in [-0.1, -0.05) is 44.2 Å². The zero-order valence-electron chi connectivity index (χ0n) is 11.8. The minimum absolute atomic E-state index is 0.158. The van der Waals surface area contributed by atoms with Gasteiger partial charge < -0.3 is 4.74 Å². The van der Waals surface area contributed by atoms with Crippen molar-refractivity contribution in [3.8, 4) is 12.8 Å². The van der Waals surface area contributed by atoms with Crippen LogP contribution < -0.4 is 0 Å². The predicted molar refractivity (Wildman–Crippen MR) is 76.7 cm³/mol. The van der Waals surface area contributed by atoms with Crippen LogP contribution in [-0.4, -0.2) is 23.5 Å². The van der Waals surface area contributed by atoms with Crippen molar-refractivity contribution in [3.05, 3.63) is 35.9 Å². The first-order valence-corrected chi connectivity index (χ1v) is 6.53. The van der Waals surface area contributed by atoms with Gasteiger partial charge in [0.1, 0.15) is 12.6 Å². The summed E-state index contributed by atoms with van der Waals surface area (Å²) in [7, 11) is 0. The fourth-order valence-electron chi connectivity index (χ4n) is 2.00. The highest BCUT2D eigenvalue weighted by molar-refractivity contribution is 5.94. The summed E-state index contributed by atoms with van der Waals surface area (Å²) in [4.78, 5) is 25.2. The van der Waals surface area contributed by atoms with E-state index in [1.807, 2.05) is 44.2 Å². The second kappa shape index (κ2) is 7.34. The first-order chi connectivity index (χ1) is 9.65. The van der Waals surface area contributed by atoms with Gasteiger partial charge in [-0.05, 0) is 12.0 Å². The number of nitrogens with zero attached hydrogens (tertiary/aromatic N) is 1. The summed E-state index contributed by atoms with van der Waals surface area (Å²) in [5.74, 6) is -0.323. The second-order valence-corrected chi connectivity index (χ2v) is 4.52. The minimum Gasteiger partial charge on any atom is -0.446 e. The van der Waals surface area contributed by atoms with Crippen LogP contribution in [0.5, 0.6) is 0 Å². The van der Waals surface area contributed by atoms with Crippen molar-refractivity contribution in [2.45, 2.75) is 26.3 Å². The highest BCUT2D eigenvalue weighted by Gasteiger charge is 2.39. The number of benzene rings is 1. The Morgan fingerprint density at radius 2 is 2.00 bits per heavy atom. The molecule has 1 fully saturated rings. The maximum absolute atomic E-state index is 12.2. The average molecular weight is 273 g/mol. The molecule has 0 bridgehead atoms. The van der Waals surface area contributed by atoms with E-state index in [4.69, 9.17) is 4.74 Å². The van der Waals surface area contributed by atoms with E-state index in [0.29, 0.717) is 6.42 Å². The van der Waals surface area contributed by atoms with Crippen LogP contribution in [-0.2, 0) is 9.53 Å². The van der Waals surface area contributed by atoms with Crippen molar-refractivity contribution in [1.29, 1.82) is 0 Å². The molecule has 1 heterocycles. The molecule has 4 heteroatoms. The Labute approximate surface area is 119 Å². The third kappa shape index (κ3) is 3.18. The zero-order chi connectivity index (χ0) is 15.1. The predicted octanol–water partition coefficient (Wildman–Crippen LogP) is 3.00. The number of ether oxygens (including phenoxy) is 1. The summed E-state index contributed by atoms with van der Waals surface area (Å²) >= 11 is 0. The van der Waals surface area contributed by atoms with Gasteiger partial charge in [0, 0.05) is 5.92 Å². The van der Waals surface area contributed by atoms with E-state index in [1.54, 1.807) is 0 Å². The molecule has 1 unspecified atom stereocenters. The van der Waals surface area contributed by atoms with Gasteiger partial charge in [-0.3, -0.25) is 4.79 Å². The van der Waals surface area contributed by atoms with Gasteiger partial charge in [-0.15, -0.1) is 12.8 Å². The summed E-state index contributed by atoms with van der Waals surface area (Å²) < 4.78 is 5.01. The Kier molecular flexibility index (Phi) is 5.79. The summed E-state index contributed by atoms with van der Waals surface area (Å²) in [6.45, 7) is 4.00. The smallest absolute Gasteiger partial charge is 0.417 e. The van der Waals surface area contributed by atoms with E-state index >= 15 is 0 Å². The molecular weight excluding hydrogens is 254 g/mol. The number of hydrogen-bond acceptors (Lipinski definition) is 3. The molecule has 0 saturated carbocycles. The molecular formula is C16H19NO3. The Balaban J connectivity index is 0.000000956. The molecule has 0 aliphatic carbocycles. The lowest BCUT2D eigenvalue weighted by atomic mass is 10.0. The largest absolute Gasteiger partial charge is 0.446 e. The molecule has 0 N–H and O–H groups in total. The number of hydrogen-bond donors (Lipinski definition) is 0. The van der Waals surface area contributed by atoms with Gasteiger partial charge in [0.25, 0.3) is 0 Å². The molecule has 20 heavy (non-hydrogen) atoms. The molecule has 4 nitrogen and oxygen atoms in total. The number of carbonyl (C=O) groups excluding carboxylic acids is 2.